The van der Waals surface area contributed by atoms with Gasteiger partial charge >= 0.3 is 0 Å². The molecule has 0 aliphatic carbocycles. The molecule has 0 spiro atoms. The number of benzene rings is 2. The normalized spacial score (nSPS) is 10.3. The second-order valence-electron chi connectivity index (χ2n) is 4.42. The van der Waals surface area contributed by atoms with Gasteiger partial charge in [0.25, 0.3) is 0 Å². The van der Waals surface area contributed by atoms with Crippen LogP contribution in [-0.4, -0.2) is 12.0 Å². The maximum absolute atomic E-state index is 5.81. The Hall–Kier alpha value is -1.39. The van der Waals surface area contributed by atoms with Crippen molar-refractivity contribution in [2.24, 2.45) is 5.73 Å². The molecule has 0 aromatic heterocycles. The van der Waals surface area contributed by atoms with Crippen LogP contribution in [0.3, 0.4) is 0 Å². The molecular weight excluding hydrogens is 320 g/mol. The lowest BCUT2D eigenvalue weighted by atomic mass is 10.1. The van der Waals surface area contributed by atoms with Gasteiger partial charge in [0.2, 0.25) is 0 Å². The molecule has 2 nitrogen and oxygen atoms in total. The average molecular weight is 335 g/mol. The summed E-state index contributed by atoms with van der Waals surface area (Å²) >= 11 is 8.58. The van der Waals surface area contributed by atoms with E-state index >= 15 is 0 Å². The first-order chi connectivity index (χ1) is 8.99. The van der Waals surface area contributed by atoms with Crippen LogP contribution in [0.1, 0.15) is 11.1 Å². The summed E-state index contributed by atoms with van der Waals surface area (Å²) in [4.78, 5) is 2.49. The van der Waals surface area contributed by atoms with Crippen molar-refractivity contribution >= 4 is 44.5 Å². The highest BCUT2D eigenvalue weighted by Gasteiger charge is 2.11. The second kappa shape index (κ2) is 5.72. The maximum atomic E-state index is 5.81. The van der Waals surface area contributed by atoms with E-state index in [-0.39, 0.29) is 0 Å². The largest absolute Gasteiger partial charge is 0.389 e. The van der Waals surface area contributed by atoms with Crippen LogP contribution < -0.4 is 10.6 Å². The topological polar surface area (TPSA) is 29.3 Å². The number of hydrogen-bond donors (Lipinski definition) is 1. The molecule has 0 amide bonds. The predicted molar refractivity (Wildman–Crippen MR) is 89.3 cm³/mol. The molecule has 0 radical (unpaired) electrons. The van der Waals surface area contributed by atoms with Gasteiger partial charge in [0.05, 0.1) is 5.69 Å². The third kappa shape index (κ3) is 3.14. The molecule has 2 aromatic carbocycles. The Bertz CT molecular complexity index is 625. The Morgan fingerprint density at radius 1 is 1.21 bits per heavy atom. The van der Waals surface area contributed by atoms with E-state index in [2.05, 4.69) is 46.0 Å². The summed E-state index contributed by atoms with van der Waals surface area (Å²) in [6.45, 7) is 2.08. The molecule has 19 heavy (non-hydrogen) atoms. The van der Waals surface area contributed by atoms with Gasteiger partial charge in [0.15, 0.2) is 0 Å². The SMILES string of the molecule is Cc1cccc(N(C)c2ccc(Br)cc2C(N)=S)c1. The lowest BCUT2D eigenvalue weighted by molar-refractivity contribution is 1.19. The van der Waals surface area contributed by atoms with Crippen LogP contribution >= 0.6 is 28.1 Å². The summed E-state index contributed by atoms with van der Waals surface area (Å²) in [5.41, 5.74) is 10.0. The molecular formula is C15H15BrN2S. The maximum Gasteiger partial charge on any atom is 0.106 e. The Balaban J connectivity index is 2.49. The summed E-state index contributed by atoms with van der Waals surface area (Å²) < 4.78 is 0.969. The standard InChI is InChI=1S/C15H15BrN2S/c1-10-4-3-5-12(8-10)18(2)14-7-6-11(16)9-13(14)15(17)19/h3-9H,1-2H3,(H2,17,19). The van der Waals surface area contributed by atoms with E-state index < -0.39 is 0 Å². The van der Waals surface area contributed by atoms with E-state index in [1.54, 1.807) is 0 Å². The molecule has 0 atom stereocenters. The highest BCUT2D eigenvalue weighted by atomic mass is 79.9. The fourth-order valence-electron chi connectivity index (χ4n) is 1.97. The predicted octanol–water partition coefficient (Wildman–Crippen LogP) is 4.16. The van der Waals surface area contributed by atoms with Gasteiger partial charge < -0.3 is 10.6 Å². The third-order valence-corrected chi connectivity index (χ3v) is 3.69. The van der Waals surface area contributed by atoms with Crippen molar-refractivity contribution < 1.29 is 0 Å². The van der Waals surface area contributed by atoms with Crippen LogP contribution in [0.5, 0.6) is 0 Å². The molecule has 4 heteroatoms. The van der Waals surface area contributed by atoms with Gasteiger partial charge in [-0.05, 0) is 42.8 Å². The first kappa shape index (κ1) is 14.0. The fourth-order valence-corrected chi connectivity index (χ4v) is 2.50. The van der Waals surface area contributed by atoms with Crippen molar-refractivity contribution in [3.63, 3.8) is 0 Å². The van der Waals surface area contributed by atoms with Crippen molar-refractivity contribution in [1.82, 2.24) is 0 Å². The first-order valence-electron chi connectivity index (χ1n) is 5.89. The molecule has 2 aromatic rings. The summed E-state index contributed by atoms with van der Waals surface area (Å²) in [5.74, 6) is 0. The number of rotatable bonds is 3. The number of anilines is 2. The highest BCUT2D eigenvalue weighted by molar-refractivity contribution is 9.10. The van der Waals surface area contributed by atoms with E-state index in [0.717, 1.165) is 21.4 Å². The van der Waals surface area contributed by atoms with E-state index in [1.807, 2.05) is 31.3 Å². The van der Waals surface area contributed by atoms with Crippen molar-refractivity contribution in [2.45, 2.75) is 6.92 Å². The van der Waals surface area contributed by atoms with Crippen molar-refractivity contribution in [3.8, 4) is 0 Å². The van der Waals surface area contributed by atoms with Crippen LogP contribution in [0.4, 0.5) is 11.4 Å². The van der Waals surface area contributed by atoms with Crippen molar-refractivity contribution in [1.29, 1.82) is 0 Å². The van der Waals surface area contributed by atoms with Crippen molar-refractivity contribution in [3.05, 3.63) is 58.1 Å². The molecule has 98 valence electrons. The summed E-state index contributed by atoms with van der Waals surface area (Å²) in [5, 5.41) is 0. The van der Waals surface area contributed by atoms with E-state index in [4.69, 9.17) is 18.0 Å². The molecule has 2 rings (SSSR count). The zero-order valence-electron chi connectivity index (χ0n) is 10.9. The van der Waals surface area contributed by atoms with Crippen LogP contribution in [0, 0.1) is 6.92 Å². The Morgan fingerprint density at radius 3 is 2.58 bits per heavy atom. The minimum Gasteiger partial charge on any atom is -0.389 e. The summed E-state index contributed by atoms with van der Waals surface area (Å²) in [6.07, 6.45) is 0. The number of hydrogen-bond acceptors (Lipinski definition) is 2. The molecule has 0 saturated heterocycles. The number of nitrogens with zero attached hydrogens (tertiary/aromatic N) is 1. The van der Waals surface area contributed by atoms with Crippen LogP contribution in [-0.2, 0) is 0 Å². The minimum absolute atomic E-state index is 0.399. The lowest BCUT2D eigenvalue weighted by Crippen LogP contribution is -2.17. The number of thiocarbonyl (C=S) groups is 1. The fraction of sp³-hybridized carbons (Fsp3) is 0.133. The molecule has 0 fully saturated rings. The lowest BCUT2D eigenvalue weighted by Gasteiger charge is -2.23. The first-order valence-corrected chi connectivity index (χ1v) is 7.09. The molecule has 2 N–H and O–H groups in total. The smallest absolute Gasteiger partial charge is 0.106 e. The minimum atomic E-state index is 0.399. The van der Waals surface area contributed by atoms with Crippen LogP contribution in [0.25, 0.3) is 0 Å². The Labute approximate surface area is 127 Å². The van der Waals surface area contributed by atoms with E-state index in [1.165, 1.54) is 5.56 Å². The van der Waals surface area contributed by atoms with Gasteiger partial charge in [-0.25, -0.2) is 0 Å². The number of halogens is 1. The van der Waals surface area contributed by atoms with Crippen LogP contribution in [0.2, 0.25) is 0 Å². The zero-order chi connectivity index (χ0) is 14.0. The zero-order valence-corrected chi connectivity index (χ0v) is 13.3. The third-order valence-electron chi connectivity index (χ3n) is 2.97. The highest BCUT2D eigenvalue weighted by Crippen LogP contribution is 2.29. The molecule has 0 heterocycles. The van der Waals surface area contributed by atoms with E-state index in [9.17, 15) is 0 Å². The number of nitrogens with two attached hydrogens (primary N) is 1. The summed E-state index contributed by atoms with van der Waals surface area (Å²) in [6, 6.07) is 14.3. The molecule has 0 bridgehead atoms. The van der Waals surface area contributed by atoms with Gasteiger partial charge in [-0.1, -0.05) is 40.3 Å². The molecule has 0 aliphatic rings. The average Bonchev–Trinajstić information content (AvgIpc) is 2.37. The van der Waals surface area contributed by atoms with Crippen LogP contribution in [0.15, 0.2) is 46.9 Å². The van der Waals surface area contributed by atoms with Gasteiger partial charge in [0, 0.05) is 22.8 Å². The Kier molecular flexibility index (Phi) is 4.22. The summed E-state index contributed by atoms with van der Waals surface area (Å²) in [7, 11) is 2.01. The second-order valence-corrected chi connectivity index (χ2v) is 5.78. The Morgan fingerprint density at radius 2 is 1.95 bits per heavy atom. The monoisotopic (exact) mass is 334 g/mol. The van der Waals surface area contributed by atoms with Gasteiger partial charge in [-0.15, -0.1) is 0 Å². The van der Waals surface area contributed by atoms with Crippen molar-refractivity contribution in [2.75, 3.05) is 11.9 Å². The van der Waals surface area contributed by atoms with E-state index in [0.29, 0.717) is 4.99 Å². The molecule has 0 saturated carbocycles. The van der Waals surface area contributed by atoms with Gasteiger partial charge in [-0.3, -0.25) is 0 Å². The van der Waals surface area contributed by atoms with Gasteiger partial charge in [-0.2, -0.15) is 0 Å². The molecule has 0 aliphatic heterocycles. The number of aryl methyl sites for hydroxylation is 1. The quantitative estimate of drug-likeness (QED) is 0.854. The molecule has 0 unspecified atom stereocenters. The van der Waals surface area contributed by atoms with Gasteiger partial charge in [0.1, 0.15) is 4.99 Å².